The summed E-state index contributed by atoms with van der Waals surface area (Å²) in [5.41, 5.74) is 1.74. The summed E-state index contributed by atoms with van der Waals surface area (Å²) in [6.07, 6.45) is 7.26. The molecule has 0 N–H and O–H groups in total. The van der Waals surface area contributed by atoms with Gasteiger partial charge in [-0.3, -0.25) is 4.98 Å². The van der Waals surface area contributed by atoms with Gasteiger partial charge in [-0.25, -0.2) is 9.18 Å². The molecule has 0 spiro atoms. The van der Waals surface area contributed by atoms with E-state index in [0.29, 0.717) is 5.75 Å². The van der Waals surface area contributed by atoms with Crippen LogP contribution in [-0.2, 0) is 0 Å². The van der Waals surface area contributed by atoms with Crippen molar-refractivity contribution in [2.45, 2.75) is 0 Å². The van der Waals surface area contributed by atoms with Gasteiger partial charge >= 0.3 is 5.97 Å². The number of nitrogens with zero attached hydrogens (tertiary/aromatic N) is 1. The molecule has 1 aromatic heterocycles. The summed E-state index contributed by atoms with van der Waals surface area (Å²) in [5.74, 6) is -0.803. The van der Waals surface area contributed by atoms with E-state index in [1.807, 2.05) is 24.3 Å². The molecule has 0 radical (unpaired) electrons. The van der Waals surface area contributed by atoms with Crippen molar-refractivity contribution in [2.75, 3.05) is 7.11 Å². The second-order valence-electron chi connectivity index (χ2n) is 5.39. The van der Waals surface area contributed by atoms with Crippen molar-refractivity contribution in [3.8, 4) is 11.5 Å². The van der Waals surface area contributed by atoms with Crippen LogP contribution in [0, 0.1) is 5.82 Å². The van der Waals surface area contributed by atoms with E-state index in [0.717, 1.165) is 11.1 Å². The molecule has 3 aromatic rings. The van der Waals surface area contributed by atoms with Crippen LogP contribution in [0.4, 0.5) is 4.39 Å². The van der Waals surface area contributed by atoms with Crippen LogP contribution in [0.1, 0.15) is 21.5 Å². The van der Waals surface area contributed by atoms with Gasteiger partial charge in [0.1, 0.15) is 5.82 Å². The molecular formula is C21H16FNO3. The number of hydrogen-bond acceptors (Lipinski definition) is 4. The lowest BCUT2D eigenvalue weighted by molar-refractivity contribution is 0.0725. The van der Waals surface area contributed by atoms with E-state index < -0.39 is 11.8 Å². The topological polar surface area (TPSA) is 48.4 Å². The molecule has 4 nitrogen and oxygen atoms in total. The van der Waals surface area contributed by atoms with Crippen molar-refractivity contribution in [2.24, 2.45) is 0 Å². The van der Waals surface area contributed by atoms with Crippen LogP contribution in [0.2, 0.25) is 0 Å². The van der Waals surface area contributed by atoms with Gasteiger partial charge in [0.2, 0.25) is 0 Å². The maximum Gasteiger partial charge on any atom is 0.346 e. The number of ether oxygens (including phenoxy) is 2. The molecule has 0 fully saturated rings. The summed E-state index contributed by atoms with van der Waals surface area (Å²) in [5, 5.41) is 0. The first-order chi connectivity index (χ1) is 12.7. The number of esters is 1. The van der Waals surface area contributed by atoms with Crippen molar-refractivity contribution in [1.29, 1.82) is 0 Å². The molecule has 1 heterocycles. The van der Waals surface area contributed by atoms with Crippen LogP contribution < -0.4 is 9.47 Å². The molecule has 130 valence electrons. The minimum absolute atomic E-state index is 0.129. The average molecular weight is 349 g/mol. The fourth-order valence-electron chi connectivity index (χ4n) is 2.32. The number of benzene rings is 2. The molecule has 5 heteroatoms. The second kappa shape index (κ2) is 8.07. The summed E-state index contributed by atoms with van der Waals surface area (Å²) in [6.45, 7) is 0. The summed E-state index contributed by atoms with van der Waals surface area (Å²) in [6, 6.07) is 14.6. The van der Waals surface area contributed by atoms with Gasteiger partial charge in [-0.05, 0) is 47.5 Å². The predicted octanol–water partition coefficient (Wildman–Crippen LogP) is 4.62. The van der Waals surface area contributed by atoms with Gasteiger partial charge in [-0.1, -0.05) is 30.4 Å². The van der Waals surface area contributed by atoms with E-state index >= 15 is 0 Å². The van der Waals surface area contributed by atoms with Crippen LogP contribution in [0.15, 0.2) is 67.0 Å². The number of methoxy groups -OCH3 is 1. The monoisotopic (exact) mass is 349 g/mol. The fourth-order valence-corrected chi connectivity index (χ4v) is 2.32. The molecular weight excluding hydrogens is 333 g/mol. The largest absolute Gasteiger partial charge is 0.493 e. The van der Waals surface area contributed by atoms with Gasteiger partial charge in [0.25, 0.3) is 0 Å². The van der Waals surface area contributed by atoms with Gasteiger partial charge in [-0.15, -0.1) is 0 Å². The number of hydrogen-bond donors (Lipinski definition) is 0. The van der Waals surface area contributed by atoms with Crippen molar-refractivity contribution in [1.82, 2.24) is 4.98 Å². The first kappa shape index (κ1) is 17.4. The van der Waals surface area contributed by atoms with Crippen LogP contribution >= 0.6 is 0 Å². The molecule has 0 aliphatic heterocycles. The minimum atomic E-state index is -0.776. The highest BCUT2D eigenvalue weighted by atomic mass is 19.1. The maximum atomic E-state index is 13.7. The Bertz CT molecular complexity index is 939. The normalized spacial score (nSPS) is 10.7. The Morgan fingerprint density at radius 3 is 2.42 bits per heavy atom. The molecule has 0 saturated heterocycles. The highest BCUT2D eigenvalue weighted by molar-refractivity contribution is 5.91. The molecule has 26 heavy (non-hydrogen) atoms. The number of carbonyl (C=O) groups is 1. The lowest BCUT2D eigenvalue weighted by Gasteiger charge is -2.10. The number of halogens is 1. The van der Waals surface area contributed by atoms with E-state index in [-0.39, 0.29) is 11.3 Å². The van der Waals surface area contributed by atoms with Gasteiger partial charge in [-0.2, -0.15) is 0 Å². The van der Waals surface area contributed by atoms with Crippen molar-refractivity contribution >= 4 is 18.1 Å². The van der Waals surface area contributed by atoms with Gasteiger partial charge in [0.15, 0.2) is 11.5 Å². The van der Waals surface area contributed by atoms with Crippen LogP contribution in [0.25, 0.3) is 12.2 Å². The Morgan fingerprint density at radius 2 is 1.69 bits per heavy atom. The number of pyridine rings is 1. The number of rotatable bonds is 5. The molecule has 0 aliphatic rings. The third-order valence-electron chi connectivity index (χ3n) is 3.66. The molecule has 0 bridgehead atoms. The van der Waals surface area contributed by atoms with E-state index in [2.05, 4.69) is 4.98 Å². The quantitative estimate of drug-likeness (QED) is 0.498. The Kier molecular flexibility index (Phi) is 5.39. The summed E-state index contributed by atoms with van der Waals surface area (Å²) >= 11 is 0. The predicted molar refractivity (Wildman–Crippen MR) is 97.5 cm³/mol. The highest BCUT2D eigenvalue weighted by Gasteiger charge is 2.15. The zero-order valence-corrected chi connectivity index (χ0v) is 14.1. The van der Waals surface area contributed by atoms with Crippen LogP contribution in [-0.4, -0.2) is 18.1 Å². The molecule has 0 atom stereocenters. The Hall–Kier alpha value is -3.47. The summed E-state index contributed by atoms with van der Waals surface area (Å²) in [4.78, 5) is 16.1. The molecule has 0 unspecified atom stereocenters. The molecule has 3 rings (SSSR count). The number of aromatic nitrogens is 1. The molecule has 0 aliphatic carbocycles. The Labute approximate surface area is 150 Å². The van der Waals surface area contributed by atoms with Gasteiger partial charge in [0.05, 0.1) is 12.7 Å². The summed E-state index contributed by atoms with van der Waals surface area (Å²) in [7, 11) is 1.48. The van der Waals surface area contributed by atoms with E-state index in [9.17, 15) is 9.18 Å². The molecule has 0 amide bonds. The lowest BCUT2D eigenvalue weighted by Crippen LogP contribution is -2.11. The Morgan fingerprint density at radius 1 is 0.962 bits per heavy atom. The number of carbonyl (C=O) groups excluding carboxylic acids is 1. The average Bonchev–Trinajstić information content (AvgIpc) is 2.68. The van der Waals surface area contributed by atoms with Crippen molar-refractivity contribution < 1.29 is 18.7 Å². The van der Waals surface area contributed by atoms with E-state index in [4.69, 9.17) is 9.47 Å². The van der Waals surface area contributed by atoms with Gasteiger partial charge in [0, 0.05) is 12.4 Å². The molecule has 2 aromatic carbocycles. The lowest BCUT2D eigenvalue weighted by atomic mass is 10.1. The smallest absolute Gasteiger partial charge is 0.346 e. The van der Waals surface area contributed by atoms with Crippen LogP contribution in [0.3, 0.4) is 0 Å². The first-order valence-corrected chi connectivity index (χ1v) is 7.90. The third kappa shape index (κ3) is 4.13. The third-order valence-corrected chi connectivity index (χ3v) is 3.66. The van der Waals surface area contributed by atoms with E-state index in [1.54, 1.807) is 36.7 Å². The van der Waals surface area contributed by atoms with E-state index in [1.165, 1.54) is 25.3 Å². The van der Waals surface area contributed by atoms with Crippen molar-refractivity contribution in [3.05, 3.63) is 89.5 Å². The second-order valence-corrected chi connectivity index (χ2v) is 5.39. The summed E-state index contributed by atoms with van der Waals surface area (Å²) < 4.78 is 24.3. The first-order valence-electron chi connectivity index (χ1n) is 7.90. The molecule has 0 saturated carbocycles. The fraction of sp³-hybridized carbons (Fsp3) is 0.0476. The highest BCUT2D eigenvalue weighted by Crippen LogP contribution is 2.29. The minimum Gasteiger partial charge on any atom is -0.493 e. The maximum absolute atomic E-state index is 13.7. The van der Waals surface area contributed by atoms with Crippen molar-refractivity contribution in [3.63, 3.8) is 0 Å². The Balaban J connectivity index is 1.80. The SMILES string of the molecule is COc1cc(/C=C/c2ccncc2)ccc1OC(=O)c1ccccc1F. The van der Waals surface area contributed by atoms with Gasteiger partial charge < -0.3 is 9.47 Å². The van der Waals surface area contributed by atoms with Crippen LogP contribution in [0.5, 0.6) is 11.5 Å². The standard InChI is InChI=1S/C21H16FNO3/c1-25-20-14-16(7-6-15-10-12-23-13-11-15)8-9-19(20)26-21(24)17-4-2-3-5-18(17)22/h2-14H,1H3/b7-6+. The zero-order valence-electron chi connectivity index (χ0n) is 14.1. The zero-order chi connectivity index (χ0) is 18.4.